The van der Waals surface area contributed by atoms with Gasteiger partial charge in [-0.1, -0.05) is 18.2 Å². The molecule has 2 aromatic carbocycles. The van der Waals surface area contributed by atoms with E-state index in [0.717, 1.165) is 16.9 Å². The third-order valence-corrected chi connectivity index (χ3v) is 4.32. The zero-order valence-corrected chi connectivity index (χ0v) is 16.4. The summed E-state index contributed by atoms with van der Waals surface area (Å²) in [6.07, 6.45) is 2.90. The van der Waals surface area contributed by atoms with Crippen LogP contribution in [0.5, 0.6) is 17.2 Å². The number of amides is 1. The Morgan fingerprint density at radius 3 is 2.52 bits per heavy atom. The first kappa shape index (κ1) is 20.3. The van der Waals surface area contributed by atoms with E-state index in [2.05, 4.69) is 0 Å². The van der Waals surface area contributed by atoms with Crippen molar-refractivity contribution < 1.29 is 28.5 Å². The van der Waals surface area contributed by atoms with Gasteiger partial charge in [0.1, 0.15) is 19.0 Å². The molecule has 0 aromatic heterocycles. The third-order valence-electron chi connectivity index (χ3n) is 4.32. The van der Waals surface area contributed by atoms with Gasteiger partial charge < -0.3 is 23.8 Å². The second-order valence-electron chi connectivity index (χ2n) is 6.44. The van der Waals surface area contributed by atoms with Crippen LogP contribution in [0.1, 0.15) is 11.1 Å². The molecule has 1 heterocycles. The first-order valence-electron chi connectivity index (χ1n) is 9.16. The van der Waals surface area contributed by atoms with Crippen molar-refractivity contribution in [2.45, 2.75) is 6.54 Å². The summed E-state index contributed by atoms with van der Waals surface area (Å²) < 4.78 is 21.2. The average Bonchev–Trinajstić information content (AvgIpc) is 2.76. The molecule has 0 aliphatic carbocycles. The molecule has 152 valence electrons. The number of methoxy groups -OCH3 is 1. The van der Waals surface area contributed by atoms with Crippen LogP contribution >= 0.6 is 0 Å². The van der Waals surface area contributed by atoms with E-state index >= 15 is 0 Å². The molecule has 0 saturated heterocycles. The van der Waals surface area contributed by atoms with Gasteiger partial charge in [-0.05, 0) is 41.5 Å². The van der Waals surface area contributed by atoms with Gasteiger partial charge in [-0.15, -0.1) is 0 Å². The molecule has 29 heavy (non-hydrogen) atoms. The Morgan fingerprint density at radius 2 is 1.79 bits per heavy atom. The molecule has 0 spiro atoms. The smallest absolute Gasteiger partial charge is 0.331 e. The lowest BCUT2D eigenvalue weighted by Gasteiger charge is -2.21. The van der Waals surface area contributed by atoms with Crippen LogP contribution in [0.4, 0.5) is 0 Å². The van der Waals surface area contributed by atoms with E-state index in [1.165, 1.54) is 11.0 Å². The molecule has 1 aliphatic heterocycles. The molecule has 2 aromatic rings. The third kappa shape index (κ3) is 5.75. The summed E-state index contributed by atoms with van der Waals surface area (Å²) in [6, 6.07) is 12.8. The van der Waals surface area contributed by atoms with Crippen molar-refractivity contribution in [3.05, 3.63) is 59.7 Å². The summed E-state index contributed by atoms with van der Waals surface area (Å²) in [5.41, 5.74) is 1.72. The summed E-state index contributed by atoms with van der Waals surface area (Å²) in [6.45, 7) is 1.08. The number of likely N-dealkylation sites (N-methyl/N-ethyl adjacent to an activating group) is 1. The normalized spacial score (nSPS) is 12.5. The van der Waals surface area contributed by atoms with E-state index in [4.69, 9.17) is 18.9 Å². The Bertz CT molecular complexity index is 891. The summed E-state index contributed by atoms with van der Waals surface area (Å²) >= 11 is 0. The number of nitrogens with zero attached hydrogens (tertiary/aromatic N) is 1. The zero-order valence-electron chi connectivity index (χ0n) is 16.4. The van der Waals surface area contributed by atoms with Crippen molar-refractivity contribution >= 4 is 18.0 Å². The molecule has 0 bridgehead atoms. The number of benzene rings is 2. The Kier molecular flexibility index (Phi) is 6.73. The van der Waals surface area contributed by atoms with Gasteiger partial charge in [0.05, 0.1) is 7.11 Å². The van der Waals surface area contributed by atoms with Crippen molar-refractivity contribution in [2.24, 2.45) is 0 Å². The Morgan fingerprint density at radius 1 is 1.07 bits per heavy atom. The van der Waals surface area contributed by atoms with Gasteiger partial charge in [-0.25, -0.2) is 4.79 Å². The maximum atomic E-state index is 12.2. The standard InChI is InChI=1S/C22H23NO6/c1-23(14-17-5-9-19-20(13-17)28-12-11-27-19)21(24)15-29-22(25)10-6-16-3-7-18(26-2)8-4-16/h3-10,13H,11-12,14-15H2,1-2H3/b10-6+. The number of hydrogen-bond donors (Lipinski definition) is 0. The van der Waals surface area contributed by atoms with Crippen molar-refractivity contribution in [3.63, 3.8) is 0 Å². The predicted octanol–water partition coefficient (Wildman–Crippen LogP) is 2.68. The Balaban J connectivity index is 1.46. The van der Waals surface area contributed by atoms with Gasteiger partial charge in [0.15, 0.2) is 18.1 Å². The highest BCUT2D eigenvalue weighted by molar-refractivity contribution is 5.89. The van der Waals surface area contributed by atoms with Crippen LogP contribution in [-0.2, 0) is 20.9 Å². The maximum Gasteiger partial charge on any atom is 0.331 e. The predicted molar refractivity (Wildman–Crippen MR) is 107 cm³/mol. The van der Waals surface area contributed by atoms with Gasteiger partial charge in [0, 0.05) is 19.7 Å². The number of hydrogen-bond acceptors (Lipinski definition) is 6. The van der Waals surface area contributed by atoms with Gasteiger partial charge in [-0.2, -0.15) is 0 Å². The molecule has 1 amide bonds. The van der Waals surface area contributed by atoms with Crippen LogP contribution < -0.4 is 14.2 Å². The van der Waals surface area contributed by atoms with Crippen molar-refractivity contribution in [2.75, 3.05) is 34.0 Å². The van der Waals surface area contributed by atoms with E-state index in [1.807, 2.05) is 30.3 Å². The molecule has 0 N–H and O–H groups in total. The number of fused-ring (bicyclic) bond motifs is 1. The lowest BCUT2D eigenvalue weighted by atomic mass is 10.2. The van der Waals surface area contributed by atoms with E-state index < -0.39 is 5.97 Å². The monoisotopic (exact) mass is 397 g/mol. The van der Waals surface area contributed by atoms with Crippen LogP contribution in [-0.4, -0.2) is 50.8 Å². The summed E-state index contributed by atoms with van der Waals surface area (Å²) in [7, 11) is 3.24. The maximum absolute atomic E-state index is 12.2. The topological polar surface area (TPSA) is 74.3 Å². The Hall–Kier alpha value is -3.48. The quantitative estimate of drug-likeness (QED) is 0.528. The lowest BCUT2D eigenvalue weighted by molar-refractivity contribution is -0.147. The molecule has 1 aliphatic rings. The van der Waals surface area contributed by atoms with Crippen LogP contribution in [0, 0.1) is 0 Å². The minimum atomic E-state index is -0.582. The first-order valence-corrected chi connectivity index (χ1v) is 9.16. The minimum Gasteiger partial charge on any atom is -0.497 e. The molecule has 3 rings (SSSR count). The second-order valence-corrected chi connectivity index (χ2v) is 6.44. The largest absolute Gasteiger partial charge is 0.497 e. The molecule has 7 nitrogen and oxygen atoms in total. The summed E-state index contributed by atoms with van der Waals surface area (Å²) in [5.74, 6) is 1.22. The van der Waals surface area contributed by atoms with E-state index in [0.29, 0.717) is 31.3 Å². The van der Waals surface area contributed by atoms with Crippen molar-refractivity contribution in [1.29, 1.82) is 0 Å². The highest BCUT2D eigenvalue weighted by atomic mass is 16.6. The lowest BCUT2D eigenvalue weighted by Crippen LogP contribution is -2.30. The first-order chi connectivity index (χ1) is 14.0. The van der Waals surface area contributed by atoms with Crippen LogP contribution in [0.15, 0.2) is 48.5 Å². The SMILES string of the molecule is COc1ccc(/C=C/C(=O)OCC(=O)N(C)Cc2ccc3c(c2)OCCO3)cc1. The minimum absolute atomic E-state index is 0.300. The average molecular weight is 397 g/mol. The highest BCUT2D eigenvalue weighted by Crippen LogP contribution is 2.31. The second kappa shape index (κ2) is 9.64. The molecule has 0 unspecified atom stereocenters. The van der Waals surface area contributed by atoms with Crippen molar-refractivity contribution in [3.8, 4) is 17.2 Å². The highest BCUT2D eigenvalue weighted by Gasteiger charge is 2.15. The fourth-order valence-corrected chi connectivity index (χ4v) is 2.72. The number of carbonyl (C=O) groups is 2. The van der Waals surface area contributed by atoms with E-state index in [1.54, 1.807) is 32.4 Å². The van der Waals surface area contributed by atoms with Crippen LogP contribution in [0.25, 0.3) is 6.08 Å². The van der Waals surface area contributed by atoms with Gasteiger partial charge >= 0.3 is 5.97 Å². The zero-order chi connectivity index (χ0) is 20.6. The van der Waals surface area contributed by atoms with Gasteiger partial charge in [-0.3, -0.25) is 4.79 Å². The molecule has 0 fully saturated rings. The number of carbonyl (C=O) groups excluding carboxylic acids is 2. The molecule has 7 heteroatoms. The fourth-order valence-electron chi connectivity index (χ4n) is 2.72. The van der Waals surface area contributed by atoms with E-state index in [9.17, 15) is 9.59 Å². The fraction of sp³-hybridized carbons (Fsp3) is 0.273. The number of rotatable bonds is 7. The molecule has 0 radical (unpaired) electrons. The molecular weight excluding hydrogens is 374 g/mol. The molecule has 0 saturated carbocycles. The Labute approximate surface area is 169 Å². The van der Waals surface area contributed by atoms with Crippen LogP contribution in [0.2, 0.25) is 0 Å². The molecular formula is C22H23NO6. The molecule has 0 atom stereocenters. The van der Waals surface area contributed by atoms with E-state index in [-0.39, 0.29) is 12.5 Å². The number of ether oxygens (including phenoxy) is 4. The summed E-state index contributed by atoms with van der Waals surface area (Å²) in [4.78, 5) is 25.6. The van der Waals surface area contributed by atoms with Crippen LogP contribution in [0.3, 0.4) is 0 Å². The van der Waals surface area contributed by atoms with Gasteiger partial charge in [0.2, 0.25) is 0 Å². The van der Waals surface area contributed by atoms with Gasteiger partial charge in [0.25, 0.3) is 5.91 Å². The van der Waals surface area contributed by atoms with Crippen molar-refractivity contribution in [1.82, 2.24) is 4.90 Å². The summed E-state index contributed by atoms with van der Waals surface area (Å²) in [5, 5.41) is 0. The number of esters is 1.